The second-order valence-electron chi connectivity index (χ2n) is 4.90. The largest absolute Gasteiger partial charge is 0.356 e. The molecule has 1 aliphatic heterocycles. The van der Waals surface area contributed by atoms with E-state index in [0.29, 0.717) is 28.9 Å². The van der Waals surface area contributed by atoms with Crippen LogP contribution >= 0.6 is 23.2 Å². The molecule has 1 aromatic rings. The Morgan fingerprint density at radius 2 is 2.26 bits per heavy atom. The highest BCUT2D eigenvalue weighted by molar-refractivity contribution is 6.35. The molecule has 1 unspecified atom stereocenters. The molecule has 1 aliphatic rings. The molecule has 2 N–H and O–H groups in total. The van der Waals surface area contributed by atoms with Crippen molar-refractivity contribution in [1.82, 2.24) is 10.6 Å². The molecule has 3 nitrogen and oxygen atoms in total. The summed E-state index contributed by atoms with van der Waals surface area (Å²) in [5.74, 6) is 0.609. The quantitative estimate of drug-likeness (QED) is 0.878. The van der Waals surface area contributed by atoms with Gasteiger partial charge >= 0.3 is 0 Å². The van der Waals surface area contributed by atoms with Gasteiger partial charge in [-0.15, -0.1) is 0 Å². The van der Waals surface area contributed by atoms with Gasteiger partial charge in [-0.3, -0.25) is 4.79 Å². The number of hydrogen-bond donors (Lipinski definition) is 2. The number of amides is 1. The Morgan fingerprint density at radius 1 is 1.42 bits per heavy atom. The van der Waals surface area contributed by atoms with Crippen molar-refractivity contribution < 1.29 is 4.79 Å². The van der Waals surface area contributed by atoms with Crippen LogP contribution < -0.4 is 10.6 Å². The van der Waals surface area contributed by atoms with Gasteiger partial charge in [0.1, 0.15) is 0 Å². The lowest BCUT2D eigenvalue weighted by Crippen LogP contribution is -2.28. The molecule has 2 rings (SSSR count). The van der Waals surface area contributed by atoms with Crippen LogP contribution in [-0.2, 0) is 11.2 Å². The molecular weight excluding hydrogens is 283 g/mol. The van der Waals surface area contributed by atoms with E-state index in [1.54, 1.807) is 6.07 Å². The predicted molar refractivity (Wildman–Crippen MR) is 78.8 cm³/mol. The molecule has 1 atom stereocenters. The SMILES string of the molecule is O=C(CC1CCNC1)NCCc1ccc(Cl)cc1Cl. The third kappa shape index (κ3) is 4.68. The third-order valence-electron chi connectivity index (χ3n) is 3.37. The second-order valence-corrected chi connectivity index (χ2v) is 5.74. The van der Waals surface area contributed by atoms with Crippen LogP contribution in [0.25, 0.3) is 0 Å². The molecule has 1 fully saturated rings. The van der Waals surface area contributed by atoms with E-state index >= 15 is 0 Å². The van der Waals surface area contributed by atoms with Crippen molar-refractivity contribution in [2.75, 3.05) is 19.6 Å². The van der Waals surface area contributed by atoms with E-state index in [4.69, 9.17) is 23.2 Å². The van der Waals surface area contributed by atoms with Gasteiger partial charge in [-0.25, -0.2) is 0 Å². The highest BCUT2D eigenvalue weighted by Gasteiger charge is 2.17. The standard InChI is InChI=1S/C14H18Cl2N2O/c15-12-2-1-11(13(16)8-12)4-6-18-14(19)7-10-3-5-17-9-10/h1-2,8,10,17H,3-7,9H2,(H,18,19). The molecule has 1 aromatic carbocycles. The molecule has 19 heavy (non-hydrogen) atoms. The van der Waals surface area contributed by atoms with Gasteiger partial charge in [-0.2, -0.15) is 0 Å². The van der Waals surface area contributed by atoms with Crippen molar-refractivity contribution in [3.63, 3.8) is 0 Å². The predicted octanol–water partition coefficient (Wildman–Crippen LogP) is 2.65. The van der Waals surface area contributed by atoms with E-state index in [9.17, 15) is 4.79 Å². The molecular formula is C14H18Cl2N2O. The van der Waals surface area contributed by atoms with Crippen LogP contribution in [-0.4, -0.2) is 25.5 Å². The van der Waals surface area contributed by atoms with Crippen LogP contribution in [0.4, 0.5) is 0 Å². The molecule has 0 aromatic heterocycles. The average molecular weight is 301 g/mol. The smallest absolute Gasteiger partial charge is 0.220 e. The van der Waals surface area contributed by atoms with Crippen LogP contribution in [0.2, 0.25) is 10.0 Å². The number of halogens is 2. The fourth-order valence-electron chi connectivity index (χ4n) is 2.28. The Hall–Kier alpha value is -0.770. The van der Waals surface area contributed by atoms with Gasteiger partial charge in [0.2, 0.25) is 5.91 Å². The first-order valence-corrected chi connectivity index (χ1v) is 7.32. The average Bonchev–Trinajstić information content (AvgIpc) is 2.84. The van der Waals surface area contributed by atoms with Crippen LogP contribution in [0, 0.1) is 5.92 Å². The Balaban J connectivity index is 1.72. The zero-order valence-electron chi connectivity index (χ0n) is 10.7. The fourth-order valence-corrected chi connectivity index (χ4v) is 2.79. The minimum atomic E-state index is 0.124. The minimum absolute atomic E-state index is 0.124. The van der Waals surface area contributed by atoms with E-state index < -0.39 is 0 Å². The first kappa shape index (κ1) is 14.6. The molecule has 1 saturated heterocycles. The summed E-state index contributed by atoms with van der Waals surface area (Å²) in [4.78, 5) is 11.7. The van der Waals surface area contributed by atoms with Crippen LogP contribution in [0.15, 0.2) is 18.2 Å². The zero-order chi connectivity index (χ0) is 13.7. The molecule has 5 heteroatoms. The summed E-state index contributed by atoms with van der Waals surface area (Å²) >= 11 is 11.9. The monoisotopic (exact) mass is 300 g/mol. The zero-order valence-corrected chi connectivity index (χ0v) is 12.2. The van der Waals surface area contributed by atoms with E-state index in [2.05, 4.69) is 10.6 Å². The number of carbonyl (C=O) groups is 1. The maximum absolute atomic E-state index is 11.7. The maximum Gasteiger partial charge on any atom is 0.220 e. The Bertz CT molecular complexity index is 445. The summed E-state index contributed by atoms with van der Waals surface area (Å²) in [6, 6.07) is 5.44. The van der Waals surface area contributed by atoms with Gasteiger partial charge in [-0.1, -0.05) is 29.3 Å². The van der Waals surface area contributed by atoms with Gasteiger partial charge < -0.3 is 10.6 Å². The first-order valence-electron chi connectivity index (χ1n) is 6.56. The number of rotatable bonds is 5. The molecule has 0 saturated carbocycles. The number of hydrogen-bond acceptors (Lipinski definition) is 2. The summed E-state index contributed by atoms with van der Waals surface area (Å²) in [6.45, 7) is 2.59. The van der Waals surface area contributed by atoms with Gasteiger partial charge in [0.25, 0.3) is 0 Å². The lowest BCUT2D eigenvalue weighted by molar-refractivity contribution is -0.121. The van der Waals surface area contributed by atoms with Gasteiger partial charge in [0.05, 0.1) is 0 Å². The van der Waals surface area contributed by atoms with Crippen LogP contribution in [0.1, 0.15) is 18.4 Å². The van der Waals surface area contributed by atoms with Crippen LogP contribution in [0.5, 0.6) is 0 Å². The number of nitrogens with one attached hydrogen (secondary N) is 2. The Morgan fingerprint density at radius 3 is 2.95 bits per heavy atom. The van der Waals surface area contributed by atoms with Crippen molar-refractivity contribution in [2.45, 2.75) is 19.3 Å². The topological polar surface area (TPSA) is 41.1 Å². The first-order chi connectivity index (χ1) is 9.15. The fraction of sp³-hybridized carbons (Fsp3) is 0.500. The van der Waals surface area contributed by atoms with Gasteiger partial charge in [0, 0.05) is 23.0 Å². The molecule has 1 heterocycles. The van der Waals surface area contributed by atoms with Crippen molar-refractivity contribution in [1.29, 1.82) is 0 Å². The summed E-state index contributed by atoms with van der Waals surface area (Å²) < 4.78 is 0. The summed E-state index contributed by atoms with van der Waals surface area (Å²) in [7, 11) is 0. The number of carbonyl (C=O) groups excluding carboxylic acids is 1. The second kappa shape index (κ2) is 7.13. The Kier molecular flexibility index (Phi) is 5.49. The van der Waals surface area contributed by atoms with E-state index in [0.717, 1.165) is 31.5 Å². The lowest BCUT2D eigenvalue weighted by atomic mass is 10.0. The molecule has 0 bridgehead atoms. The molecule has 1 amide bonds. The van der Waals surface area contributed by atoms with Gasteiger partial charge in [0.15, 0.2) is 0 Å². The highest BCUT2D eigenvalue weighted by atomic mass is 35.5. The van der Waals surface area contributed by atoms with Crippen LogP contribution in [0.3, 0.4) is 0 Å². The van der Waals surface area contributed by atoms with Crippen molar-refractivity contribution in [3.8, 4) is 0 Å². The molecule has 104 valence electrons. The van der Waals surface area contributed by atoms with Crippen molar-refractivity contribution >= 4 is 29.1 Å². The molecule has 0 aliphatic carbocycles. The van der Waals surface area contributed by atoms with Crippen molar-refractivity contribution in [2.24, 2.45) is 5.92 Å². The molecule has 0 spiro atoms. The highest BCUT2D eigenvalue weighted by Crippen LogP contribution is 2.21. The Labute approximate surface area is 123 Å². The maximum atomic E-state index is 11.7. The summed E-state index contributed by atoms with van der Waals surface area (Å²) in [5, 5.41) is 7.49. The van der Waals surface area contributed by atoms with Gasteiger partial charge in [-0.05, 0) is 49.5 Å². The van der Waals surface area contributed by atoms with E-state index in [1.165, 1.54) is 0 Å². The normalized spacial score (nSPS) is 18.5. The van der Waals surface area contributed by atoms with E-state index in [-0.39, 0.29) is 5.91 Å². The summed E-state index contributed by atoms with van der Waals surface area (Å²) in [6.07, 6.45) is 2.43. The van der Waals surface area contributed by atoms with Crippen molar-refractivity contribution in [3.05, 3.63) is 33.8 Å². The van der Waals surface area contributed by atoms with E-state index in [1.807, 2.05) is 12.1 Å². The number of benzene rings is 1. The lowest BCUT2D eigenvalue weighted by Gasteiger charge is -2.10. The third-order valence-corrected chi connectivity index (χ3v) is 3.96. The molecule has 0 radical (unpaired) electrons. The minimum Gasteiger partial charge on any atom is -0.356 e. The summed E-state index contributed by atoms with van der Waals surface area (Å²) in [5.41, 5.74) is 1.01.